The average molecular weight is 446 g/mol. The first-order valence-electron chi connectivity index (χ1n) is 9.02. The smallest absolute Gasteiger partial charge is 0.416 e. The number of hydrogen-bond acceptors (Lipinski definition) is 5. The molecule has 164 valence electrons. The first-order chi connectivity index (χ1) is 15.1. The Bertz CT molecular complexity index is 1300. The molecule has 0 radical (unpaired) electrons. The van der Waals surface area contributed by atoms with Gasteiger partial charge in [0.15, 0.2) is 5.58 Å². The van der Waals surface area contributed by atoms with Gasteiger partial charge in [0.2, 0.25) is 0 Å². The lowest BCUT2D eigenvalue weighted by atomic mass is 10.1. The number of anilines is 3. The number of carbonyl (C=O) groups is 1. The van der Waals surface area contributed by atoms with E-state index >= 15 is 0 Å². The molecule has 0 saturated carbocycles. The van der Waals surface area contributed by atoms with Gasteiger partial charge in [-0.25, -0.2) is 9.18 Å². The molecule has 0 atom stereocenters. The number of nitrogens with zero attached hydrogens (tertiary/aromatic N) is 2. The highest BCUT2D eigenvalue weighted by atomic mass is 19.4. The van der Waals surface area contributed by atoms with Crippen molar-refractivity contribution in [3.8, 4) is 11.5 Å². The highest BCUT2D eigenvalue weighted by Crippen LogP contribution is 2.36. The summed E-state index contributed by atoms with van der Waals surface area (Å²) in [4.78, 5) is 16.6. The molecule has 0 bridgehead atoms. The number of carbonyl (C=O) groups excluding carboxylic acids is 1. The Labute approximate surface area is 177 Å². The molecule has 2 amide bonds. The minimum Gasteiger partial charge on any atom is -0.457 e. The van der Waals surface area contributed by atoms with Crippen molar-refractivity contribution in [2.75, 3.05) is 10.6 Å². The number of amides is 2. The fourth-order valence-corrected chi connectivity index (χ4v) is 3.03. The van der Waals surface area contributed by atoms with Gasteiger partial charge in [-0.1, -0.05) is 0 Å². The standard InChI is InChI=1S/C21H14F4N4O3/c22-15-7-1-11(21(23,24)25)9-17(15)29(20(27)30)12-2-4-13(5-3-12)31-14-6-8-16-18(10-14)32-19(26)28-16/h1-10H,(H2,26,28)(H2,27,30). The van der Waals surface area contributed by atoms with E-state index in [0.29, 0.717) is 45.7 Å². The number of alkyl halides is 3. The van der Waals surface area contributed by atoms with Crippen molar-refractivity contribution < 1.29 is 31.5 Å². The number of ether oxygens (including phenoxy) is 1. The molecule has 1 heterocycles. The van der Waals surface area contributed by atoms with Crippen LogP contribution >= 0.6 is 0 Å². The normalized spacial score (nSPS) is 11.5. The second-order valence-electron chi connectivity index (χ2n) is 6.62. The van der Waals surface area contributed by atoms with Crippen LogP contribution in [0.1, 0.15) is 5.56 Å². The van der Waals surface area contributed by atoms with E-state index in [9.17, 15) is 22.4 Å². The van der Waals surface area contributed by atoms with E-state index < -0.39 is 29.3 Å². The van der Waals surface area contributed by atoms with E-state index in [4.69, 9.17) is 20.6 Å². The molecule has 0 aliphatic carbocycles. The van der Waals surface area contributed by atoms with Crippen LogP contribution in [-0.4, -0.2) is 11.0 Å². The van der Waals surface area contributed by atoms with Crippen LogP contribution in [0.4, 0.5) is 39.7 Å². The summed E-state index contributed by atoms with van der Waals surface area (Å²) in [5.74, 6) is -0.316. The molecular formula is C21H14F4N4O3. The fourth-order valence-electron chi connectivity index (χ4n) is 3.03. The van der Waals surface area contributed by atoms with Gasteiger partial charge < -0.3 is 20.6 Å². The largest absolute Gasteiger partial charge is 0.457 e. The van der Waals surface area contributed by atoms with Gasteiger partial charge >= 0.3 is 12.2 Å². The summed E-state index contributed by atoms with van der Waals surface area (Å²) >= 11 is 0. The summed E-state index contributed by atoms with van der Waals surface area (Å²) < 4.78 is 64.3. The lowest BCUT2D eigenvalue weighted by Gasteiger charge is -2.22. The number of primary amides is 1. The third-order valence-electron chi connectivity index (χ3n) is 4.44. The fraction of sp³-hybridized carbons (Fsp3) is 0.0476. The maximum atomic E-state index is 14.3. The van der Waals surface area contributed by atoms with E-state index in [1.54, 1.807) is 18.2 Å². The quantitative estimate of drug-likeness (QED) is 0.398. The van der Waals surface area contributed by atoms with Crippen LogP contribution in [0.3, 0.4) is 0 Å². The van der Waals surface area contributed by atoms with Gasteiger partial charge in [-0.3, -0.25) is 4.90 Å². The molecule has 4 N–H and O–H groups in total. The Kier molecular flexibility index (Phi) is 5.09. The average Bonchev–Trinajstić information content (AvgIpc) is 3.09. The highest BCUT2D eigenvalue weighted by Gasteiger charge is 2.32. The summed E-state index contributed by atoms with van der Waals surface area (Å²) in [5, 5.41) is 0. The Morgan fingerprint density at radius 3 is 2.34 bits per heavy atom. The zero-order valence-electron chi connectivity index (χ0n) is 16.1. The SMILES string of the molecule is NC(=O)N(c1ccc(Oc2ccc3nc(N)oc3c2)cc1)c1cc(C(F)(F)F)ccc1F. The van der Waals surface area contributed by atoms with Gasteiger partial charge in [0.25, 0.3) is 6.01 Å². The van der Waals surface area contributed by atoms with Gasteiger partial charge in [0.05, 0.1) is 16.9 Å². The summed E-state index contributed by atoms with van der Waals surface area (Å²) in [5.41, 5.74) is 10.1. The maximum absolute atomic E-state index is 14.3. The van der Waals surface area contributed by atoms with Crippen molar-refractivity contribution in [2.45, 2.75) is 6.18 Å². The van der Waals surface area contributed by atoms with Crippen LogP contribution in [-0.2, 0) is 6.18 Å². The van der Waals surface area contributed by atoms with Crippen molar-refractivity contribution >= 4 is 34.5 Å². The molecule has 4 rings (SSSR count). The minimum absolute atomic E-state index is 0.00914. The number of oxazole rings is 1. The Balaban J connectivity index is 1.63. The zero-order chi connectivity index (χ0) is 23.0. The number of aromatic nitrogens is 1. The molecule has 1 aromatic heterocycles. The van der Waals surface area contributed by atoms with Crippen molar-refractivity contribution in [2.24, 2.45) is 5.73 Å². The third kappa shape index (κ3) is 4.13. The third-order valence-corrected chi connectivity index (χ3v) is 4.44. The van der Waals surface area contributed by atoms with Crippen molar-refractivity contribution in [3.63, 3.8) is 0 Å². The van der Waals surface area contributed by atoms with Crippen LogP contribution in [0, 0.1) is 5.82 Å². The maximum Gasteiger partial charge on any atom is 0.416 e. The van der Waals surface area contributed by atoms with Crippen molar-refractivity contribution in [1.29, 1.82) is 0 Å². The van der Waals surface area contributed by atoms with E-state index in [2.05, 4.69) is 4.98 Å². The molecular weight excluding hydrogens is 432 g/mol. The molecule has 7 nitrogen and oxygen atoms in total. The van der Waals surface area contributed by atoms with Crippen molar-refractivity contribution in [1.82, 2.24) is 4.98 Å². The van der Waals surface area contributed by atoms with Crippen LogP contribution in [0.2, 0.25) is 0 Å². The zero-order valence-corrected chi connectivity index (χ0v) is 16.1. The molecule has 4 aromatic rings. The predicted molar refractivity (Wildman–Crippen MR) is 108 cm³/mol. The summed E-state index contributed by atoms with van der Waals surface area (Å²) in [6.45, 7) is 0. The first-order valence-corrected chi connectivity index (χ1v) is 9.02. The lowest BCUT2D eigenvalue weighted by molar-refractivity contribution is -0.137. The van der Waals surface area contributed by atoms with E-state index in [1.807, 2.05) is 0 Å². The van der Waals surface area contributed by atoms with E-state index in [1.165, 1.54) is 24.3 Å². The Hall–Kier alpha value is -4.28. The Morgan fingerprint density at radius 2 is 1.69 bits per heavy atom. The molecule has 0 spiro atoms. The number of fused-ring (bicyclic) bond motifs is 1. The van der Waals surface area contributed by atoms with Crippen LogP contribution in [0.5, 0.6) is 11.5 Å². The Morgan fingerprint density at radius 1 is 1.00 bits per heavy atom. The molecule has 0 unspecified atom stereocenters. The number of hydrogen-bond donors (Lipinski definition) is 2. The van der Waals surface area contributed by atoms with Gasteiger partial charge in [-0.15, -0.1) is 0 Å². The molecule has 3 aromatic carbocycles. The predicted octanol–water partition coefficient (Wildman–Crippen LogP) is 5.58. The van der Waals surface area contributed by atoms with E-state index in [-0.39, 0.29) is 11.7 Å². The second kappa shape index (κ2) is 7.76. The van der Waals surface area contributed by atoms with Crippen LogP contribution in [0.15, 0.2) is 65.1 Å². The first kappa shape index (κ1) is 21.0. The molecule has 0 saturated heterocycles. The number of nitrogens with two attached hydrogens (primary N) is 2. The summed E-state index contributed by atoms with van der Waals surface area (Å²) in [7, 11) is 0. The molecule has 0 aliphatic rings. The van der Waals surface area contributed by atoms with Gasteiger partial charge in [-0.05, 0) is 54.6 Å². The number of halogens is 4. The summed E-state index contributed by atoms with van der Waals surface area (Å²) in [6.07, 6.45) is -4.72. The molecule has 0 fully saturated rings. The van der Waals surface area contributed by atoms with E-state index in [0.717, 1.165) is 0 Å². The molecule has 0 aliphatic heterocycles. The number of urea groups is 1. The number of rotatable bonds is 4. The van der Waals surface area contributed by atoms with Crippen LogP contribution < -0.4 is 21.1 Å². The minimum atomic E-state index is -4.72. The number of benzene rings is 3. The van der Waals surface area contributed by atoms with Gasteiger partial charge in [0.1, 0.15) is 22.8 Å². The van der Waals surface area contributed by atoms with Gasteiger partial charge in [0, 0.05) is 6.07 Å². The highest BCUT2D eigenvalue weighted by molar-refractivity contribution is 5.98. The lowest BCUT2D eigenvalue weighted by Crippen LogP contribution is -2.32. The van der Waals surface area contributed by atoms with Crippen molar-refractivity contribution in [3.05, 3.63) is 72.0 Å². The topological polar surface area (TPSA) is 108 Å². The van der Waals surface area contributed by atoms with Crippen LogP contribution in [0.25, 0.3) is 11.1 Å². The molecule has 32 heavy (non-hydrogen) atoms. The molecule has 11 heteroatoms. The van der Waals surface area contributed by atoms with Gasteiger partial charge in [-0.2, -0.15) is 18.2 Å². The second-order valence-corrected chi connectivity index (χ2v) is 6.62. The summed E-state index contributed by atoms with van der Waals surface area (Å²) in [6, 6.07) is 11.0. The number of nitrogen functional groups attached to an aromatic ring is 1. The monoisotopic (exact) mass is 446 g/mol.